The molecule has 0 saturated heterocycles. The summed E-state index contributed by atoms with van der Waals surface area (Å²) in [5, 5.41) is 7.18. The molecule has 3 N–H and O–H groups in total. The lowest BCUT2D eigenvalue weighted by Crippen LogP contribution is -2.49. The first-order valence-electron chi connectivity index (χ1n) is 9.65. The lowest BCUT2D eigenvalue weighted by Gasteiger charge is -2.08. The van der Waals surface area contributed by atoms with Crippen LogP contribution < -0.4 is 16.2 Å². The fourth-order valence-electron chi connectivity index (χ4n) is 3.01. The van der Waals surface area contributed by atoms with Crippen molar-refractivity contribution in [2.45, 2.75) is 25.8 Å². The van der Waals surface area contributed by atoms with E-state index in [0.717, 1.165) is 29.7 Å². The molecule has 0 atom stereocenters. The second kappa shape index (κ2) is 8.20. The normalized spacial score (nSPS) is 12.8. The number of carbonyl (C=O) groups is 3. The molecule has 4 rings (SSSR count). The predicted octanol–water partition coefficient (Wildman–Crippen LogP) is 1.89. The molecule has 1 fully saturated rings. The van der Waals surface area contributed by atoms with Gasteiger partial charge in [-0.25, -0.2) is 4.68 Å². The second-order valence-corrected chi connectivity index (χ2v) is 7.14. The van der Waals surface area contributed by atoms with Crippen LogP contribution in [0.25, 0.3) is 16.9 Å². The topological polar surface area (TPSA) is 105 Å². The Morgan fingerprint density at radius 2 is 1.63 bits per heavy atom. The number of aromatic nitrogens is 2. The van der Waals surface area contributed by atoms with Gasteiger partial charge in [0.25, 0.3) is 5.91 Å². The summed E-state index contributed by atoms with van der Waals surface area (Å²) >= 11 is 0. The maximum Gasteiger partial charge on any atom is 0.327 e. The number of para-hydroxylation sites is 1. The van der Waals surface area contributed by atoms with Crippen molar-refractivity contribution in [2.75, 3.05) is 0 Å². The van der Waals surface area contributed by atoms with Gasteiger partial charge in [-0.2, -0.15) is 5.10 Å². The third-order valence-electron chi connectivity index (χ3n) is 4.79. The molecule has 0 aliphatic heterocycles. The Labute approximate surface area is 173 Å². The molecule has 0 radical (unpaired) electrons. The lowest BCUT2D eigenvalue weighted by molar-refractivity contribution is -0.139. The van der Waals surface area contributed by atoms with E-state index in [4.69, 9.17) is 0 Å². The van der Waals surface area contributed by atoms with E-state index in [1.807, 2.05) is 61.5 Å². The van der Waals surface area contributed by atoms with Crippen molar-refractivity contribution in [1.82, 2.24) is 25.9 Å². The van der Waals surface area contributed by atoms with Crippen LogP contribution in [0, 0.1) is 6.92 Å². The summed E-state index contributed by atoms with van der Waals surface area (Å²) in [6.45, 7) is 1.93. The molecule has 8 nitrogen and oxygen atoms in total. The summed E-state index contributed by atoms with van der Waals surface area (Å²) in [5.74, 6) is -2.25. The number of hydrogen-bond donors (Lipinski definition) is 3. The lowest BCUT2D eigenvalue weighted by atomic mass is 10.0. The minimum Gasteiger partial charge on any atom is -0.345 e. The molecule has 0 spiro atoms. The number of hydrogen-bond acceptors (Lipinski definition) is 4. The molecular weight excluding hydrogens is 382 g/mol. The Kier molecular flexibility index (Phi) is 5.30. The third kappa shape index (κ3) is 4.22. The summed E-state index contributed by atoms with van der Waals surface area (Å²) in [4.78, 5) is 36.5. The summed E-state index contributed by atoms with van der Waals surface area (Å²) in [7, 11) is 0. The average Bonchev–Trinajstić information content (AvgIpc) is 3.47. The number of amides is 3. The van der Waals surface area contributed by atoms with Crippen molar-refractivity contribution in [3.05, 3.63) is 71.9 Å². The standard InChI is InChI=1S/C22H21N5O3/c1-14-7-5-6-10-17(14)19-18(13-27(26-19)16-8-3-2-4-9-16)20(28)24-25-22(30)21(29)23-15-11-12-15/h2-10,13,15H,11-12H2,1H3,(H,23,29)(H,24,28)(H,25,30). The number of hydrazine groups is 1. The highest BCUT2D eigenvalue weighted by molar-refractivity contribution is 6.35. The molecule has 1 heterocycles. The molecule has 0 bridgehead atoms. The molecule has 30 heavy (non-hydrogen) atoms. The van der Waals surface area contributed by atoms with Gasteiger partial charge in [0.1, 0.15) is 5.69 Å². The van der Waals surface area contributed by atoms with Crippen molar-refractivity contribution in [3.8, 4) is 16.9 Å². The Morgan fingerprint density at radius 1 is 0.933 bits per heavy atom. The van der Waals surface area contributed by atoms with Crippen LogP contribution in [-0.2, 0) is 9.59 Å². The number of aryl methyl sites for hydroxylation is 1. The Hall–Kier alpha value is -3.94. The monoisotopic (exact) mass is 403 g/mol. The SMILES string of the molecule is Cc1ccccc1-c1nn(-c2ccccc2)cc1C(=O)NNC(=O)C(=O)NC1CC1. The third-order valence-corrected chi connectivity index (χ3v) is 4.79. The van der Waals surface area contributed by atoms with Crippen molar-refractivity contribution in [2.24, 2.45) is 0 Å². The van der Waals surface area contributed by atoms with Crippen molar-refractivity contribution >= 4 is 17.7 Å². The van der Waals surface area contributed by atoms with Gasteiger partial charge in [0.05, 0.1) is 11.3 Å². The highest BCUT2D eigenvalue weighted by Crippen LogP contribution is 2.26. The molecule has 0 unspecified atom stereocenters. The molecule has 3 amide bonds. The molecule has 1 aromatic heterocycles. The number of carbonyl (C=O) groups excluding carboxylic acids is 3. The first-order valence-corrected chi connectivity index (χ1v) is 9.65. The zero-order chi connectivity index (χ0) is 21.1. The van der Waals surface area contributed by atoms with Crippen molar-refractivity contribution < 1.29 is 14.4 Å². The predicted molar refractivity (Wildman–Crippen MR) is 111 cm³/mol. The molecule has 3 aromatic rings. The maximum atomic E-state index is 12.8. The summed E-state index contributed by atoms with van der Waals surface area (Å²) in [6, 6.07) is 17.0. The van der Waals surface area contributed by atoms with Gasteiger partial charge in [-0.1, -0.05) is 42.5 Å². The minimum atomic E-state index is -0.914. The van der Waals surface area contributed by atoms with Gasteiger partial charge in [0, 0.05) is 17.8 Å². The Morgan fingerprint density at radius 3 is 2.33 bits per heavy atom. The van der Waals surface area contributed by atoms with Crippen LogP contribution in [0.1, 0.15) is 28.8 Å². The zero-order valence-corrected chi connectivity index (χ0v) is 16.4. The smallest absolute Gasteiger partial charge is 0.327 e. The first-order chi connectivity index (χ1) is 14.5. The first kappa shape index (κ1) is 19.4. The largest absolute Gasteiger partial charge is 0.345 e. The van der Waals surface area contributed by atoms with Crippen LogP contribution >= 0.6 is 0 Å². The van der Waals surface area contributed by atoms with Crippen LogP contribution in [0.5, 0.6) is 0 Å². The van der Waals surface area contributed by atoms with Crippen molar-refractivity contribution in [1.29, 1.82) is 0 Å². The summed E-state index contributed by atoms with van der Waals surface area (Å²) < 4.78 is 1.61. The van der Waals surface area contributed by atoms with Gasteiger partial charge < -0.3 is 5.32 Å². The molecule has 8 heteroatoms. The Balaban J connectivity index is 1.59. The van der Waals surface area contributed by atoms with E-state index in [9.17, 15) is 14.4 Å². The Bertz CT molecular complexity index is 1100. The van der Waals surface area contributed by atoms with Crippen LogP contribution in [0.3, 0.4) is 0 Å². The fraction of sp³-hybridized carbons (Fsp3) is 0.182. The molecule has 2 aromatic carbocycles. The van der Waals surface area contributed by atoms with Gasteiger partial charge in [-0.3, -0.25) is 25.2 Å². The maximum absolute atomic E-state index is 12.8. The van der Waals surface area contributed by atoms with E-state index < -0.39 is 17.7 Å². The summed E-state index contributed by atoms with van der Waals surface area (Å²) in [5.41, 5.74) is 7.78. The van der Waals surface area contributed by atoms with Crippen LogP contribution in [-0.4, -0.2) is 33.5 Å². The zero-order valence-electron chi connectivity index (χ0n) is 16.4. The van der Waals surface area contributed by atoms with Gasteiger partial charge >= 0.3 is 11.8 Å². The second-order valence-electron chi connectivity index (χ2n) is 7.14. The fourth-order valence-corrected chi connectivity index (χ4v) is 3.01. The number of benzene rings is 2. The quantitative estimate of drug-likeness (QED) is 0.457. The highest BCUT2D eigenvalue weighted by atomic mass is 16.2. The number of nitrogens with zero attached hydrogens (tertiary/aromatic N) is 2. The summed E-state index contributed by atoms with van der Waals surface area (Å²) in [6.07, 6.45) is 3.33. The van der Waals surface area contributed by atoms with Crippen LogP contribution in [0.4, 0.5) is 0 Å². The van der Waals surface area contributed by atoms with Gasteiger partial charge in [0.2, 0.25) is 0 Å². The van der Waals surface area contributed by atoms with E-state index in [-0.39, 0.29) is 11.6 Å². The van der Waals surface area contributed by atoms with Gasteiger partial charge in [0.15, 0.2) is 0 Å². The number of nitrogens with one attached hydrogen (secondary N) is 3. The molecular formula is C22H21N5O3. The van der Waals surface area contributed by atoms with E-state index in [2.05, 4.69) is 21.3 Å². The van der Waals surface area contributed by atoms with E-state index >= 15 is 0 Å². The van der Waals surface area contributed by atoms with Gasteiger partial charge in [-0.05, 0) is 37.5 Å². The van der Waals surface area contributed by atoms with E-state index in [0.29, 0.717) is 5.69 Å². The van der Waals surface area contributed by atoms with Crippen LogP contribution in [0.2, 0.25) is 0 Å². The molecule has 1 aliphatic rings. The molecule has 1 aliphatic carbocycles. The molecule has 152 valence electrons. The molecule has 1 saturated carbocycles. The van der Waals surface area contributed by atoms with E-state index in [1.165, 1.54) is 0 Å². The van der Waals surface area contributed by atoms with Crippen molar-refractivity contribution in [3.63, 3.8) is 0 Å². The van der Waals surface area contributed by atoms with Gasteiger partial charge in [-0.15, -0.1) is 0 Å². The minimum absolute atomic E-state index is 0.0516. The number of rotatable bonds is 4. The average molecular weight is 403 g/mol. The van der Waals surface area contributed by atoms with Crippen LogP contribution in [0.15, 0.2) is 60.8 Å². The highest BCUT2D eigenvalue weighted by Gasteiger charge is 2.27. The van der Waals surface area contributed by atoms with E-state index in [1.54, 1.807) is 10.9 Å².